The lowest BCUT2D eigenvalue weighted by atomic mass is 9.95. The summed E-state index contributed by atoms with van der Waals surface area (Å²) in [5.74, 6) is 0.634. The summed E-state index contributed by atoms with van der Waals surface area (Å²) in [7, 11) is 2.70. The molecule has 0 unspecified atom stereocenters. The first kappa shape index (κ1) is 30.3. The number of hydrazone groups is 1. The number of carbonyl (C=O) groups is 3. The molecule has 12 nitrogen and oxygen atoms in total. The molecule has 1 atom stereocenters. The molecular weight excluding hydrogens is 588 g/mol. The number of rotatable bonds is 12. The first-order chi connectivity index (χ1) is 19.2. The van der Waals surface area contributed by atoms with Gasteiger partial charge in [0.1, 0.15) is 0 Å². The van der Waals surface area contributed by atoms with Crippen molar-refractivity contribution in [3.05, 3.63) is 57.2 Å². The zero-order valence-electron chi connectivity index (χ0n) is 22.8. The Morgan fingerprint density at radius 2 is 1.80 bits per heavy atom. The smallest absolute Gasteiger partial charge is 0.337 e. The van der Waals surface area contributed by atoms with Gasteiger partial charge in [-0.3, -0.25) is 4.79 Å². The molecule has 0 fully saturated rings. The molecule has 2 aromatic rings. The first-order valence-corrected chi connectivity index (χ1v) is 13.1. The third-order valence-corrected chi connectivity index (χ3v) is 6.17. The molecule has 0 aliphatic carbocycles. The molecule has 0 aromatic heterocycles. The molecular formula is C27H31BrN4O8. The van der Waals surface area contributed by atoms with Crippen molar-refractivity contribution in [3.63, 3.8) is 0 Å². The number of urea groups is 1. The number of halogens is 1. The van der Waals surface area contributed by atoms with Crippen molar-refractivity contribution < 1.29 is 38.1 Å². The highest BCUT2D eigenvalue weighted by molar-refractivity contribution is 9.10. The van der Waals surface area contributed by atoms with E-state index < -0.39 is 23.9 Å². The lowest BCUT2D eigenvalue weighted by Crippen LogP contribution is -2.45. The number of hydrogen-bond acceptors (Lipinski definition) is 9. The maximum Gasteiger partial charge on any atom is 0.337 e. The van der Waals surface area contributed by atoms with Crippen molar-refractivity contribution in [1.82, 2.24) is 16.1 Å². The van der Waals surface area contributed by atoms with Crippen LogP contribution in [0.2, 0.25) is 0 Å². The van der Waals surface area contributed by atoms with E-state index in [0.29, 0.717) is 51.8 Å². The van der Waals surface area contributed by atoms with Crippen molar-refractivity contribution >= 4 is 40.1 Å². The fraction of sp³-hybridized carbons (Fsp3) is 0.333. The van der Waals surface area contributed by atoms with Gasteiger partial charge in [0, 0.05) is 5.70 Å². The minimum atomic E-state index is -0.771. The Morgan fingerprint density at radius 3 is 2.48 bits per heavy atom. The van der Waals surface area contributed by atoms with Gasteiger partial charge in [0.05, 0.1) is 49.7 Å². The van der Waals surface area contributed by atoms with E-state index in [9.17, 15) is 14.4 Å². The Labute approximate surface area is 240 Å². The van der Waals surface area contributed by atoms with E-state index in [-0.39, 0.29) is 17.9 Å². The fourth-order valence-corrected chi connectivity index (χ4v) is 4.45. The van der Waals surface area contributed by atoms with Gasteiger partial charge in [-0.25, -0.2) is 15.0 Å². The Bertz CT molecular complexity index is 1330. The summed E-state index contributed by atoms with van der Waals surface area (Å²) in [6.45, 7) is 5.96. The van der Waals surface area contributed by atoms with Crippen molar-refractivity contribution in [2.75, 3.05) is 34.0 Å². The van der Waals surface area contributed by atoms with E-state index in [2.05, 4.69) is 37.1 Å². The standard InChI is InChI=1S/C27H31BrN4O8/c1-6-38-21-11-16(10-18(28)25(21)39-7-2)13-29-32-22(33)14-40-19-9-8-17(12-20(19)36-4)24-23(26(34)37-5)15(3)30-27(35)31-24/h8-13,24H,6-7,14H2,1-5H3,(H,32,33)(H2,30,31,35)/b29-13-/t24-/m1/s1. The second-order valence-corrected chi connectivity index (χ2v) is 9.10. The molecule has 0 saturated carbocycles. The van der Waals surface area contributed by atoms with E-state index in [0.717, 1.165) is 0 Å². The number of amides is 3. The summed E-state index contributed by atoms with van der Waals surface area (Å²) in [6, 6.07) is 7.16. The van der Waals surface area contributed by atoms with E-state index >= 15 is 0 Å². The van der Waals surface area contributed by atoms with Crippen LogP contribution in [-0.2, 0) is 14.3 Å². The van der Waals surface area contributed by atoms with Crippen molar-refractivity contribution in [2.45, 2.75) is 26.8 Å². The highest BCUT2D eigenvalue weighted by Gasteiger charge is 2.32. The number of ether oxygens (including phenoxy) is 5. The van der Waals surface area contributed by atoms with Gasteiger partial charge in [0.2, 0.25) is 0 Å². The third-order valence-electron chi connectivity index (χ3n) is 5.58. The number of methoxy groups -OCH3 is 2. The summed E-state index contributed by atoms with van der Waals surface area (Å²) in [5, 5.41) is 9.26. The van der Waals surface area contributed by atoms with Gasteiger partial charge >= 0.3 is 12.0 Å². The normalized spacial score (nSPS) is 14.8. The second kappa shape index (κ2) is 14.2. The average molecular weight is 619 g/mol. The van der Waals surface area contributed by atoms with Gasteiger partial charge in [-0.2, -0.15) is 5.10 Å². The molecule has 214 valence electrons. The minimum absolute atomic E-state index is 0.253. The molecule has 1 aliphatic rings. The summed E-state index contributed by atoms with van der Waals surface area (Å²) in [4.78, 5) is 36.8. The van der Waals surface area contributed by atoms with Crippen LogP contribution in [0.4, 0.5) is 4.79 Å². The molecule has 0 bridgehead atoms. The highest BCUT2D eigenvalue weighted by Crippen LogP contribution is 2.37. The topological polar surface area (TPSA) is 146 Å². The highest BCUT2D eigenvalue weighted by atomic mass is 79.9. The van der Waals surface area contributed by atoms with Crippen LogP contribution in [0, 0.1) is 0 Å². The van der Waals surface area contributed by atoms with E-state index in [1.807, 2.05) is 13.8 Å². The SMILES string of the molecule is CCOc1cc(/C=N\NC(=O)COc2ccc([C@H]3NC(=O)NC(C)=C3C(=O)OC)cc2OC)cc(Br)c1OCC. The van der Waals surface area contributed by atoms with Crippen LogP contribution in [0.25, 0.3) is 0 Å². The molecule has 0 spiro atoms. The number of esters is 1. The largest absolute Gasteiger partial charge is 0.493 e. The zero-order chi connectivity index (χ0) is 29.2. The Morgan fingerprint density at radius 1 is 1.05 bits per heavy atom. The quantitative estimate of drug-likeness (QED) is 0.186. The molecule has 3 amide bonds. The van der Waals surface area contributed by atoms with E-state index in [4.69, 9.17) is 23.7 Å². The maximum absolute atomic E-state index is 12.4. The van der Waals surface area contributed by atoms with E-state index in [1.165, 1.54) is 20.4 Å². The maximum atomic E-state index is 12.4. The monoisotopic (exact) mass is 618 g/mol. The van der Waals surface area contributed by atoms with Crippen LogP contribution in [0.1, 0.15) is 37.9 Å². The minimum Gasteiger partial charge on any atom is -0.493 e. The predicted octanol–water partition coefficient (Wildman–Crippen LogP) is 3.59. The molecule has 1 aliphatic heterocycles. The predicted molar refractivity (Wildman–Crippen MR) is 150 cm³/mol. The van der Waals surface area contributed by atoms with Gasteiger partial charge in [0.15, 0.2) is 29.6 Å². The van der Waals surface area contributed by atoms with Crippen LogP contribution in [0.15, 0.2) is 51.2 Å². The number of hydrogen-bond donors (Lipinski definition) is 3. The average Bonchev–Trinajstić information content (AvgIpc) is 2.93. The number of nitrogens with zero attached hydrogens (tertiary/aromatic N) is 1. The summed E-state index contributed by atoms with van der Waals surface area (Å²) < 4.78 is 27.9. The lowest BCUT2D eigenvalue weighted by Gasteiger charge is -2.28. The molecule has 1 heterocycles. The number of benzene rings is 2. The summed E-state index contributed by atoms with van der Waals surface area (Å²) in [5.41, 5.74) is 4.28. The Balaban J connectivity index is 1.67. The third kappa shape index (κ3) is 7.44. The summed E-state index contributed by atoms with van der Waals surface area (Å²) >= 11 is 3.47. The number of allylic oxidation sites excluding steroid dienone is 1. The molecule has 40 heavy (non-hydrogen) atoms. The fourth-order valence-electron chi connectivity index (χ4n) is 3.87. The summed E-state index contributed by atoms with van der Waals surface area (Å²) in [6.07, 6.45) is 1.47. The molecule has 13 heteroatoms. The number of carbonyl (C=O) groups excluding carboxylic acids is 3. The van der Waals surface area contributed by atoms with Gasteiger partial charge in [-0.05, 0) is 72.1 Å². The van der Waals surface area contributed by atoms with Crippen LogP contribution in [-0.4, -0.2) is 58.2 Å². The first-order valence-electron chi connectivity index (χ1n) is 12.3. The molecule has 3 N–H and O–H groups in total. The lowest BCUT2D eigenvalue weighted by molar-refractivity contribution is -0.136. The zero-order valence-corrected chi connectivity index (χ0v) is 24.3. The molecule has 0 radical (unpaired) electrons. The Hall–Kier alpha value is -4.26. The van der Waals surface area contributed by atoms with Gasteiger partial charge in [0.25, 0.3) is 5.91 Å². The van der Waals surface area contributed by atoms with Gasteiger partial charge in [-0.15, -0.1) is 0 Å². The van der Waals surface area contributed by atoms with Crippen molar-refractivity contribution in [2.24, 2.45) is 5.10 Å². The molecule has 3 rings (SSSR count). The Kier molecular flexibility index (Phi) is 10.8. The van der Waals surface area contributed by atoms with Crippen LogP contribution in [0.3, 0.4) is 0 Å². The molecule has 2 aromatic carbocycles. The van der Waals surface area contributed by atoms with Crippen molar-refractivity contribution in [1.29, 1.82) is 0 Å². The molecule has 0 saturated heterocycles. The van der Waals surface area contributed by atoms with Crippen LogP contribution < -0.4 is 35.0 Å². The van der Waals surface area contributed by atoms with Crippen molar-refractivity contribution in [3.8, 4) is 23.0 Å². The number of nitrogens with one attached hydrogen (secondary N) is 3. The van der Waals surface area contributed by atoms with Crippen LogP contribution >= 0.6 is 15.9 Å². The van der Waals surface area contributed by atoms with Gasteiger partial charge in [-0.1, -0.05) is 6.07 Å². The second-order valence-electron chi connectivity index (χ2n) is 8.25. The van der Waals surface area contributed by atoms with E-state index in [1.54, 1.807) is 37.3 Å². The van der Waals surface area contributed by atoms with Crippen LogP contribution in [0.5, 0.6) is 23.0 Å². The van der Waals surface area contributed by atoms with Gasteiger partial charge < -0.3 is 34.3 Å².